The van der Waals surface area contributed by atoms with Crippen LogP contribution in [0.5, 0.6) is 5.75 Å². The average Bonchev–Trinajstić information content (AvgIpc) is 2.41. The first-order chi connectivity index (χ1) is 9.41. The summed E-state index contributed by atoms with van der Waals surface area (Å²) in [5.74, 6) is 0.676. The third kappa shape index (κ3) is 3.34. The van der Waals surface area contributed by atoms with Crippen molar-refractivity contribution in [2.75, 3.05) is 49.7 Å². The molecule has 0 bridgehead atoms. The van der Waals surface area contributed by atoms with E-state index >= 15 is 0 Å². The van der Waals surface area contributed by atoms with Crippen LogP contribution in [0.4, 0.5) is 11.4 Å². The van der Waals surface area contributed by atoms with Gasteiger partial charge in [0.25, 0.3) is 0 Å². The van der Waals surface area contributed by atoms with E-state index < -0.39 is 10.0 Å². The van der Waals surface area contributed by atoms with Gasteiger partial charge in [-0.1, -0.05) is 0 Å². The molecule has 0 amide bonds. The van der Waals surface area contributed by atoms with Gasteiger partial charge in [-0.25, -0.2) is 8.42 Å². The molecule has 1 aliphatic heterocycles. The highest BCUT2D eigenvalue weighted by Gasteiger charge is 2.23. The quantitative estimate of drug-likeness (QED) is 0.830. The molecule has 0 atom stereocenters. The van der Waals surface area contributed by atoms with Crippen molar-refractivity contribution in [1.29, 1.82) is 0 Å². The lowest BCUT2D eigenvalue weighted by Crippen LogP contribution is -2.48. The molecule has 1 aliphatic rings. The van der Waals surface area contributed by atoms with Crippen molar-refractivity contribution in [3.63, 3.8) is 0 Å². The Bertz CT molecular complexity index is 566. The molecule has 6 nitrogen and oxygen atoms in total. The molecule has 2 rings (SSSR count). The van der Waals surface area contributed by atoms with Crippen molar-refractivity contribution in [3.05, 3.63) is 18.2 Å². The number of anilines is 2. The number of ether oxygens (including phenoxy) is 1. The van der Waals surface area contributed by atoms with Crippen molar-refractivity contribution in [3.8, 4) is 5.75 Å². The zero-order valence-corrected chi connectivity index (χ0v) is 12.7. The summed E-state index contributed by atoms with van der Waals surface area (Å²) in [6, 6.07) is 5.67. The lowest BCUT2D eigenvalue weighted by Gasteiger charge is -2.34. The summed E-state index contributed by atoms with van der Waals surface area (Å²) in [6.07, 6.45) is 1.25. The first-order valence-electron chi connectivity index (χ1n) is 6.64. The van der Waals surface area contributed by atoms with E-state index in [0.29, 0.717) is 44.2 Å². The van der Waals surface area contributed by atoms with Crippen molar-refractivity contribution >= 4 is 21.4 Å². The van der Waals surface area contributed by atoms with Crippen LogP contribution in [0.1, 0.15) is 6.92 Å². The smallest absolute Gasteiger partial charge is 0.211 e. The zero-order chi connectivity index (χ0) is 14.8. The molecule has 1 saturated heterocycles. The van der Waals surface area contributed by atoms with E-state index in [2.05, 4.69) is 4.90 Å². The Hall–Kier alpha value is -1.47. The summed E-state index contributed by atoms with van der Waals surface area (Å²) in [4.78, 5) is 2.14. The number of nitrogens with two attached hydrogens (primary N) is 1. The van der Waals surface area contributed by atoms with Crippen LogP contribution in [-0.4, -0.2) is 51.8 Å². The number of hydrogen-bond acceptors (Lipinski definition) is 5. The molecule has 2 N–H and O–H groups in total. The molecule has 0 spiro atoms. The van der Waals surface area contributed by atoms with Gasteiger partial charge in [0.15, 0.2) is 0 Å². The summed E-state index contributed by atoms with van der Waals surface area (Å²) in [5, 5.41) is 0. The zero-order valence-electron chi connectivity index (χ0n) is 11.9. The van der Waals surface area contributed by atoms with Crippen LogP contribution < -0.4 is 15.4 Å². The van der Waals surface area contributed by atoms with E-state index in [4.69, 9.17) is 10.5 Å². The number of benzene rings is 1. The molecule has 20 heavy (non-hydrogen) atoms. The molecule has 0 radical (unpaired) electrons. The topological polar surface area (TPSA) is 75.9 Å². The highest BCUT2D eigenvalue weighted by atomic mass is 32.2. The third-order valence-electron chi connectivity index (χ3n) is 3.37. The molecule has 112 valence electrons. The molecule has 1 heterocycles. The van der Waals surface area contributed by atoms with Gasteiger partial charge in [0.05, 0.1) is 18.6 Å². The Labute approximate surface area is 120 Å². The Morgan fingerprint density at radius 3 is 2.45 bits per heavy atom. The van der Waals surface area contributed by atoms with E-state index in [-0.39, 0.29) is 0 Å². The van der Waals surface area contributed by atoms with Crippen molar-refractivity contribution in [1.82, 2.24) is 4.31 Å². The van der Waals surface area contributed by atoms with Gasteiger partial charge in [0, 0.05) is 37.9 Å². The largest absolute Gasteiger partial charge is 0.492 e. The highest BCUT2D eigenvalue weighted by molar-refractivity contribution is 7.88. The maximum absolute atomic E-state index is 11.5. The summed E-state index contributed by atoms with van der Waals surface area (Å²) in [7, 11) is -3.09. The Morgan fingerprint density at radius 1 is 1.25 bits per heavy atom. The SMILES string of the molecule is CCOc1cc(N2CCN(S(C)(=O)=O)CC2)ccc1N. The highest BCUT2D eigenvalue weighted by Crippen LogP contribution is 2.28. The van der Waals surface area contributed by atoms with Gasteiger partial charge < -0.3 is 15.4 Å². The van der Waals surface area contributed by atoms with Gasteiger partial charge in [-0.2, -0.15) is 4.31 Å². The minimum atomic E-state index is -3.09. The van der Waals surface area contributed by atoms with Crippen LogP contribution in [0.2, 0.25) is 0 Å². The molecule has 1 aromatic rings. The maximum Gasteiger partial charge on any atom is 0.211 e. The van der Waals surface area contributed by atoms with Crippen molar-refractivity contribution in [2.45, 2.75) is 6.92 Å². The second-order valence-corrected chi connectivity index (χ2v) is 6.79. The summed E-state index contributed by atoms with van der Waals surface area (Å²) < 4.78 is 30.0. The van der Waals surface area contributed by atoms with Crippen LogP contribution in [0.3, 0.4) is 0 Å². The first-order valence-corrected chi connectivity index (χ1v) is 8.49. The van der Waals surface area contributed by atoms with Crippen molar-refractivity contribution in [2.24, 2.45) is 0 Å². The number of nitrogens with zero attached hydrogens (tertiary/aromatic N) is 2. The number of hydrogen-bond donors (Lipinski definition) is 1. The molecule has 0 saturated carbocycles. The van der Waals surface area contributed by atoms with Crippen LogP contribution in [0.25, 0.3) is 0 Å². The van der Waals surface area contributed by atoms with Crippen LogP contribution >= 0.6 is 0 Å². The summed E-state index contributed by atoms with van der Waals surface area (Å²) in [6.45, 7) is 4.83. The van der Waals surface area contributed by atoms with Crippen LogP contribution in [-0.2, 0) is 10.0 Å². The summed E-state index contributed by atoms with van der Waals surface area (Å²) in [5.41, 5.74) is 7.48. The van der Waals surface area contributed by atoms with Crippen molar-refractivity contribution < 1.29 is 13.2 Å². The normalized spacial score (nSPS) is 17.2. The second kappa shape index (κ2) is 5.88. The maximum atomic E-state index is 11.5. The molecular weight excluding hydrogens is 278 g/mol. The van der Waals surface area contributed by atoms with E-state index in [1.807, 2.05) is 25.1 Å². The van der Waals surface area contributed by atoms with E-state index in [1.165, 1.54) is 10.6 Å². The fraction of sp³-hybridized carbons (Fsp3) is 0.538. The summed E-state index contributed by atoms with van der Waals surface area (Å²) >= 11 is 0. The van der Waals surface area contributed by atoms with E-state index in [0.717, 1.165) is 5.69 Å². The van der Waals surface area contributed by atoms with Gasteiger partial charge in [0.2, 0.25) is 10.0 Å². The fourth-order valence-corrected chi connectivity index (χ4v) is 3.10. The van der Waals surface area contributed by atoms with Gasteiger partial charge >= 0.3 is 0 Å². The molecule has 1 fully saturated rings. The minimum absolute atomic E-state index is 0.507. The van der Waals surface area contributed by atoms with Crippen LogP contribution in [0.15, 0.2) is 18.2 Å². The molecular formula is C13H21N3O3S. The third-order valence-corrected chi connectivity index (χ3v) is 4.67. The molecule has 0 aliphatic carbocycles. The number of sulfonamides is 1. The van der Waals surface area contributed by atoms with E-state index in [9.17, 15) is 8.42 Å². The Morgan fingerprint density at radius 2 is 1.90 bits per heavy atom. The lowest BCUT2D eigenvalue weighted by atomic mass is 10.2. The standard InChI is InChI=1S/C13H21N3O3S/c1-3-19-13-10-11(4-5-12(13)14)15-6-8-16(9-7-15)20(2,17)18/h4-5,10H,3,6-9,14H2,1-2H3. The van der Waals surface area contributed by atoms with Gasteiger partial charge in [-0.05, 0) is 19.1 Å². The average molecular weight is 299 g/mol. The molecule has 1 aromatic carbocycles. The Kier molecular flexibility index (Phi) is 4.39. The minimum Gasteiger partial charge on any atom is -0.492 e. The number of nitrogen functional groups attached to an aromatic ring is 1. The predicted molar refractivity (Wildman–Crippen MR) is 80.7 cm³/mol. The molecule has 7 heteroatoms. The molecule has 0 aromatic heterocycles. The number of piperazine rings is 1. The predicted octanol–water partition coefficient (Wildman–Crippen LogP) is 0.749. The number of rotatable bonds is 4. The second-order valence-electron chi connectivity index (χ2n) is 4.80. The fourth-order valence-electron chi connectivity index (χ4n) is 2.28. The van der Waals surface area contributed by atoms with Gasteiger partial charge in [0.1, 0.15) is 5.75 Å². The van der Waals surface area contributed by atoms with Gasteiger partial charge in [-0.3, -0.25) is 0 Å². The van der Waals surface area contributed by atoms with Crippen LogP contribution in [0, 0.1) is 0 Å². The monoisotopic (exact) mass is 299 g/mol. The van der Waals surface area contributed by atoms with E-state index in [1.54, 1.807) is 0 Å². The lowest BCUT2D eigenvalue weighted by molar-refractivity contribution is 0.341. The first kappa shape index (κ1) is 14.9. The molecule has 0 unspecified atom stereocenters. The van der Waals surface area contributed by atoms with Gasteiger partial charge in [-0.15, -0.1) is 0 Å². The Balaban J connectivity index is 2.09.